The fraction of sp³-hybridized carbons (Fsp3) is 0.500. The van der Waals surface area contributed by atoms with Crippen molar-refractivity contribution in [2.75, 3.05) is 37.7 Å². The van der Waals surface area contributed by atoms with E-state index in [0.29, 0.717) is 31.0 Å². The number of rotatable bonds is 3. The summed E-state index contributed by atoms with van der Waals surface area (Å²) in [6.07, 6.45) is 5.44. The van der Waals surface area contributed by atoms with Crippen LogP contribution in [-0.4, -0.2) is 48.6 Å². The van der Waals surface area contributed by atoms with Crippen molar-refractivity contribution in [3.05, 3.63) is 59.9 Å². The van der Waals surface area contributed by atoms with E-state index < -0.39 is 0 Å². The maximum Gasteiger partial charge on any atom is 0.226 e. The standard InChI is InChI=1S/C24H29N3O2/c1-17-4-2-3-5-21(17)23-22-16-26(20-6-10-25-11-7-20)14-19(22)15-27(23)24(28)18-8-12-29-13-9-18/h2-7,10-11,18-19,22-23H,8-9,12-16H2,1H3/t19-,22-,23+/m0/s1. The van der Waals surface area contributed by atoms with E-state index in [4.69, 9.17) is 4.74 Å². The number of hydrogen-bond donors (Lipinski definition) is 0. The van der Waals surface area contributed by atoms with Crippen LogP contribution in [0.25, 0.3) is 0 Å². The Bertz CT molecular complexity index is 865. The molecule has 5 nitrogen and oxygen atoms in total. The van der Waals surface area contributed by atoms with Gasteiger partial charge in [-0.1, -0.05) is 24.3 Å². The van der Waals surface area contributed by atoms with Crippen LogP contribution in [-0.2, 0) is 9.53 Å². The van der Waals surface area contributed by atoms with E-state index in [1.54, 1.807) is 0 Å². The summed E-state index contributed by atoms with van der Waals surface area (Å²) < 4.78 is 5.50. The van der Waals surface area contributed by atoms with Gasteiger partial charge in [0.05, 0.1) is 6.04 Å². The van der Waals surface area contributed by atoms with E-state index in [1.165, 1.54) is 16.8 Å². The molecule has 5 heteroatoms. The van der Waals surface area contributed by atoms with Crippen LogP contribution in [0.2, 0.25) is 0 Å². The molecule has 1 amide bonds. The van der Waals surface area contributed by atoms with E-state index in [2.05, 4.69) is 58.1 Å². The molecular weight excluding hydrogens is 362 g/mol. The minimum atomic E-state index is 0.116. The first-order chi connectivity index (χ1) is 14.2. The molecule has 0 saturated carbocycles. The Hall–Kier alpha value is -2.40. The minimum absolute atomic E-state index is 0.116. The molecule has 0 spiro atoms. The van der Waals surface area contributed by atoms with Gasteiger partial charge in [0.15, 0.2) is 0 Å². The third-order valence-electron chi connectivity index (χ3n) is 7.05. The van der Waals surface area contributed by atoms with Crippen LogP contribution in [0.5, 0.6) is 0 Å². The third-order valence-corrected chi connectivity index (χ3v) is 7.05. The first kappa shape index (κ1) is 18.6. The zero-order valence-corrected chi connectivity index (χ0v) is 17.0. The molecule has 3 saturated heterocycles. The quantitative estimate of drug-likeness (QED) is 0.804. The number of ether oxygens (including phenoxy) is 1. The zero-order chi connectivity index (χ0) is 19.8. The predicted molar refractivity (Wildman–Crippen MR) is 113 cm³/mol. The molecule has 3 aliphatic rings. The summed E-state index contributed by atoms with van der Waals surface area (Å²) in [6, 6.07) is 13.0. The Morgan fingerprint density at radius 3 is 2.55 bits per heavy atom. The molecular formula is C24H29N3O2. The summed E-state index contributed by atoms with van der Waals surface area (Å²) in [6.45, 7) is 6.46. The second-order valence-electron chi connectivity index (χ2n) is 8.71. The number of hydrogen-bond acceptors (Lipinski definition) is 4. The second kappa shape index (κ2) is 7.79. The predicted octanol–water partition coefficient (Wildman–Crippen LogP) is 3.45. The Morgan fingerprint density at radius 1 is 1.03 bits per heavy atom. The molecule has 0 unspecified atom stereocenters. The van der Waals surface area contributed by atoms with Gasteiger partial charge in [0.2, 0.25) is 5.91 Å². The van der Waals surface area contributed by atoms with Crippen LogP contribution in [0, 0.1) is 24.7 Å². The number of nitrogens with zero attached hydrogens (tertiary/aromatic N) is 3. The van der Waals surface area contributed by atoms with E-state index in [-0.39, 0.29) is 12.0 Å². The van der Waals surface area contributed by atoms with Gasteiger partial charge in [0.1, 0.15) is 0 Å². The lowest BCUT2D eigenvalue weighted by Crippen LogP contribution is -2.41. The average Bonchev–Trinajstić information content (AvgIpc) is 3.33. The smallest absolute Gasteiger partial charge is 0.226 e. The second-order valence-corrected chi connectivity index (χ2v) is 8.71. The molecule has 0 bridgehead atoms. The van der Waals surface area contributed by atoms with Gasteiger partial charge in [-0.15, -0.1) is 0 Å². The molecule has 1 aromatic carbocycles. The van der Waals surface area contributed by atoms with Crippen molar-refractivity contribution in [1.29, 1.82) is 0 Å². The number of pyridine rings is 1. The molecule has 0 aliphatic carbocycles. The van der Waals surface area contributed by atoms with Gasteiger partial charge in [0, 0.05) is 68.7 Å². The van der Waals surface area contributed by atoms with Crippen molar-refractivity contribution in [2.24, 2.45) is 17.8 Å². The molecule has 152 valence electrons. The normalized spacial score (nSPS) is 27.3. The van der Waals surface area contributed by atoms with Crippen molar-refractivity contribution >= 4 is 11.6 Å². The summed E-state index contributed by atoms with van der Waals surface area (Å²) in [5, 5.41) is 0. The Labute approximate surface area is 172 Å². The summed E-state index contributed by atoms with van der Waals surface area (Å²) in [4.78, 5) is 22.4. The number of anilines is 1. The topological polar surface area (TPSA) is 45.7 Å². The van der Waals surface area contributed by atoms with Crippen LogP contribution >= 0.6 is 0 Å². The highest BCUT2D eigenvalue weighted by Gasteiger charge is 2.50. The van der Waals surface area contributed by atoms with Crippen LogP contribution in [0.4, 0.5) is 5.69 Å². The zero-order valence-electron chi connectivity index (χ0n) is 17.0. The lowest BCUT2D eigenvalue weighted by Gasteiger charge is -2.34. The first-order valence-electron chi connectivity index (χ1n) is 10.8. The van der Waals surface area contributed by atoms with Crippen molar-refractivity contribution in [1.82, 2.24) is 9.88 Å². The van der Waals surface area contributed by atoms with Crippen molar-refractivity contribution in [3.8, 4) is 0 Å². The fourth-order valence-electron chi connectivity index (χ4n) is 5.53. The summed E-state index contributed by atoms with van der Waals surface area (Å²) in [5.74, 6) is 1.43. The van der Waals surface area contributed by atoms with Crippen molar-refractivity contribution in [2.45, 2.75) is 25.8 Å². The number of amides is 1. The van der Waals surface area contributed by atoms with Gasteiger partial charge in [-0.25, -0.2) is 0 Å². The summed E-state index contributed by atoms with van der Waals surface area (Å²) in [5.41, 5.74) is 3.84. The van der Waals surface area contributed by atoms with Gasteiger partial charge in [-0.05, 0) is 43.0 Å². The van der Waals surface area contributed by atoms with Crippen LogP contribution in [0.1, 0.15) is 30.0 Å². The highest BCUT2D eigenvalue weighted by atomic mass is 16.5. The number of likely N-dealkylation sites (tertiary alicyclic amines) is 1. The molecule has 1 aromatic heterocycles. The van der Waals surface area contributed by atoms with Crippen LogP contribution in [0.3, 0.4) is 0 Å². The lowest BCUT2D eigenvalue weighted by atomic mass is 9.87. The van der Waals surface area contributed by atoms with Crippen molar-refractivity contribution < 1.29 is 9.53 Å². The number of fused-ring (bicyclic) bond motifs is 1. The minimum Gasteiger partial charge on any atom is -0.381 e. The van der Waals surface area contributed by atoms with E-state index in [1.807, 2.05) is 12.4 Å². The lowest BCUT2D eigenvalue weighted by molar-refractivity contribution is -0.140. The Morgan fingerprint density at radius 2 is 1.79 bits per heavy atom. The molecule has 0 N–H and O–H groups in total. The molecule has 0 radical (unpaired) electrons. The molecule has 3 fully saturated rings. The Kier molecular flexibility index (Phi) is 5.00. The van der Waals surface area contributed by atoms with Crippen LogP contribution < -0.4 is 4.90 Å². The summed E-state index contributed by atoms with van der Waals surface area (Å²) >= 11 is 0. The van der Waals surface area contributed by atoms with E-state index in [0.717, 1.165) is 32.5 Å². The third kappa shape index (κ3) is 3.42. The van der Waals surface area contributed by atoms with Crippen molar-refractivity contribution in [3.63, 3.8) is 0 Å². The molecule has 5 rings (SSSR count). The molecule has 3 atom stereocenters. The van der Waals surface area contributed by atoms with Gasteiger partial charge in [-0.2, -0.15) is 0 Å². The Balaban J connectivity index is 1.45. The monoisotopic (exact) mass is 391 g/mol. The molecule has 3 aliphatic heterocycles. The molecule has 2 aromatic rings. The average molecular weight is 392 g/mol. The maximum absolute atomic E-state index is 13.5. The highest BCUT2D eigenvalue weighted by Crippen LogP contribution is 2.47. The maximum atomic E-state index is 13.5. The SMILES string of the molecule is Cc1ccccc1[C@@H]1[C@H]2CN(c3ccncc3)C[C@H]2CN1C(=O)C1CCOCC1. The van der Waals surface area contributed by atoms with Gasteiger partial charge >= 0.3 is 0 Å². The van der Waals surface area contributed by atoms with Gasteiger partial charge in [-0.3, -0.25) is 9.78 Å². The van der Waals surface area contributed by atoms with Gasteiger partial charge in [0.25, 0.3) is 0 Å². The van der Waals surface area contributed by atoms with Crippen LogP contribution in [0.15, 0.2) is 48.8 Å². The molecule has 4 heterocycles. The van der Waals surface area contributed by atoms with E-state index >= 15 is 0 Å². The number of carbonyl (C=O) groups excluding carboxylic acids is 1. The first-order valence-corrected chi connectivity index (χ1v) is 10.8. The largest absolute Gasteiger partial charge is 0.381 e. The number of aryl methyl sites for hydroxylation is 1. The van der Waals surface area contributed by atoms with E-state index in [9.17, 15) is 4.79 Å². The fourth-order valence-corrected chi connectivity index (χ4v) is 5.53. The summed E-state index contributed by atoms with van der Waals surface area (Å²) in [7, 11) is 0. The highest BCUT2D eigenvalue weighted by molar-refractivity contribution is 5.80. The number of carbonyl (C=O) groups is 1. The molecule has 29 heavy (non-hydrogen) atoms. The number of benzene rings is 1. The van der Waals surface area contributed by atoms with Gasteiger partial charge < -0.3 is 14.5 Å². The number of aromatic nitrogens is 1.